The SMILES string of the molecule is CCn1nc(C)c2c1C(=O)N(C)CCOc1c(cnn1C)-c1ccc3n[nH]c(c3c1)/C=C/2. The highest BCUT2D eigenvalue weighted by atomic mass is 16.5. The first kappa shape index (κ1) is 20.0. The maximum absolute atomic E-state index is 13.4. The van der Waals surface area contributed by atoms with Crippen molar-refractivity contribution in [1.82, 2.24) is 34.7 Å². The lowest BCUT2D eigenvalue weighted by Gasteiger charge is -2.19. The van der Waals surface area contributed by atoms with Crippen LogP contribution >= 0.6 is 0 Å². The fourth-order valence-corrected chi connectivity index (χ4v) is 4.10. The number of aromatic amines is 1. The van der Waals surface area contributed by atoms with Gasteiger partial charge in [-0.05, 0) is 43.7 Å². The molecule has 164 valence electrons. The van der Waals surface area contributed by atoms with Crippen molar-refractivity contribution in [3.63, 3.8) is 0 Å². The van der Waals surface area contributed by atoms with Gasteiger partial charge in [-0.25, -0.2) is 4.68 Å². The largest absolute Gasteiger partial charge is 0.476 e. The van der Waals surface area contributed by atoms with E-state index in [-0.39, 0.29) is 5.91 Å². The highest BCUT2D eigenvalue weighted by molar-refractivity contribution is 5.99. The van der Waals surface area contributed by atoms with Crippen molar-refractivity contribution in [2.45, 2.75) is 20.4 Å². The Morgan fingerprint density at radius 2 is 2.06 bits per heavy atom. The minimum absolute atomic E-state index is 0.0916. The molecule has 2 bridgehead atoms. The number of aromatic nitrogens is 6. The van der Waals surface area contributed by atoms with E-state index in [1.165, 1.54) is 0 Å². The van der Waals surface area contributed by atoms with Gasteiger partial charge in [0.25, 0.3) is 5.91 Å². The quantitative estimate of drug-likeness (QED) is 0.500. The van der Waals surface area contributed by atoms with E-state index in [2.05, 4.69) is 26.5 Å². The average molecular weight is 432 g/mol. The molecule has 0 atom stereocenters. The monoisotopic (exact) mass is 431 g/mol. The predicted molar refractivity (Wildman–Crippen MR) is 122 cm³/mol. The number of benzene rings is 1. The third-order valence-electron chi connectivity index (χ3n) is 5.88. The second kappa shape index (κ2) is 7.67. The van der Waals surface area contributed by atoms with Crippen molar-refractivity contribution >= 4 is 29.0 Å². The van der Waals surface area contributed by atoms with Gasteiger partial charge in [0.1, 0.15) is 12.3 Å². The highest BCUT2D eigenvalue weighted by Crippen LogP contribution is 2.33. The number of hydrogen-bond donors (Lipinski definition) is 1. The zero-order valence-corrected chi connectivity index (χ0v) is 18.6. The Labute approximate surface area is 185 Å². The fraction of sp³-hybridized carbons (Fsp3) is 0.304. The molecule has 0 aliphatic carbocycles. The standard InChI is InChI=1S/C23H25N7O2/c1-5-30-21-16(14(2)27-30)7-9-20-17-12-15(6-8-19(17)25-26-20)18-13-24-29(4)23(18)32-11-10-28(3)22(21)31/h6-9,12-13H,5,10-11H2,1-4H3,(H,25,26)/b9-7+. The van der Waals surface area contributed by atoms with Crippen LogP contribution in [0, 0.1) is 6.92 Å². The van der Waals surface area contributed by atoms with Crippen molar-refractivity contribution in [2.24, 2.45) is 7.05 Å². The molecule has 1 aliphatic rings. The summed E-state index contributed by atoms with van der Waals surface area (Å²) >= 11 is 0. The molecule has 1 N–H and O–H groups in total. The molecule has 4 heterocycles. The van der Waals surface area contributed by atoms with Gasteiger partial charge in [-0.2, -0.15) is 15.3 Å². The molecule has 1 amide bonds. The van der Waals surface area contributed by atoms with Crippen LogP contribution in [-0.2, 0) is 13.6 Å². The van der Waals surface area contributed by atoms with Crippen LogP contribution < -0.4 is 4.74 Å². The van der Waals surface area contributed by atoms with Crippen molar-refractivity contribution < 1.29 is 9.53 Å². The Hall–Kier alpha value is -3.88. The number of H-pyrrole nitrogens is 1. The Morgan fingerprint density at radius 1 is 1.22 bits per heavy atom. The first-order valence-electron chi connectivity index (χ1n) is 10.6. The van der Waals surface area contributed by atoms with Gasteiger partial charge < -0.3 is 9.64 Å². The van der Waals surface area contributed by atoms with Crippen molar-refractivity contribution in [3.8, 4) is 17.0 Å². The zero-order valence-electron chi connectivity index (χ0n) is 18.6. The van der Waals surface area contributed by atoms with E-state index >= 15 is 0 Å². The van der Waals surface area contributed by atoms with E-state index in [9.17, 15) is 4.79 Å². The number of amides is 1. The fourth-order valence-electron chi connectivity index (χ4n) is 4.10. The molecule has 1 aromatic carbocycles. The smallest absolute Gasteiger partial charge is 0.272 e. The van der Waals surface area contributed by atoms with Gasteiger partial charge in [0.2, 0.25) is 5.88 Å². The Bertz CT molecular complexity index is 1360. The van der Waals surface area contributed by atoms with Crippen LogP contribution in [0.2, 0.25) is 0 Å². The summed E-state index contributed by atoms with van der Waals surface area (Å²) in [4.78, 5) is 15.0. The number of carbonyl (C=O) groups excluding carboxylic acids is 1. The molecule has 9 heteroatoms. The molecule has 0 unspecified atom stereocenters. The van der Waals surface area contributed by atoms with E-state index < -0.39 is 0 Å². The molecular weight excluding hydrogens is 406 g/mol. The van der Waals surface area contributed by atoms with E-state index in [1.54, 1.807) is 27.5 Å². The van der Waals surface area contributed by atoms with Gasteiger partial charge in [-0.1, -0.05) is 6.07 Å². The number of rotatable bonds is 1. The third kappa shape index (κ3) is 3.17. The van der Waals surface area contributed by atoms with Gasteiger partial charge >= 0.3 is 0 Å². The molecule has 0 fully saturated rings. The minimum Gasteiger partial charge on any atom is -0.476 e. The van der Waals surface area contributed by atoms with E-state index in [1.807, 2.05) is 45.2 Å². The molecule has 4 aromatic rings. The molecule has 3 aromatic heterocycles. The molecule has 0 radical (unpaired) electrons. The summed E-state index contributed by atoms with van der Waals surface area (Å²) in [5.41, 5.74) is 5.81. The molecule has 5 rings (SSSR count). The number of likely N-dealkylation sites (N-methyl/N-ethyl adjacent to an activating group) is 1. The van der Waals surface area contributed by atoms with Crippen molar-refractivity contribution in [2.75, 3.05) is 20.2 Å². The van der Waals surface area contributed by atoms with Crippen LogP contribution in [-0.4, -0.2) is 60.8 Å². The molecule has 9 nitrogen and oxygen atoms in total. The maximum atomic E-state index is 13.4. The number of aryl methyl sites for hydroxylation is 3. The summed E-state index contributed by atoms with van der Waals surface area (Å²) in [6, 6.07) is 6.08. The van der Waals surface area contributed by atoms with Gasteiger partial charge in [0.05, 0.1) is 35.2 Å². The van der Waals surface area contributed by atoms with E-state index in [0.29, 0.717) is 31.3 Å². The summed E-state index contributed by atoms with van der Waals surface area (Å²) in [6.45, 7) is 5.29. The molecular formula is C23H25N7O2. The van der Waals surface area contributed by atoms with Crippen molar-refractivity contribution in [1.29, 1.82) is 0 Å². The molecule has 0 saturated heterocycles. The second-order valence-corrected chi connectivity index (χ2v) is 7.93. The van der Waals surface area contributed by atoms with Gasteiger partial charge in [0, 0.05) is 31.6 Å². The van der Waals surface area contributed by atoms with Gasteiger partial charge in [-0.15, -0.1) is 0 Å². The van der Waals surface area contributed by atoms with Crippen LogP contribution in [0.3, 0.4) is 0 Å². The van der Waals surface area contributed by atoms with Crippen LogP contribution in [0.1, 0.15) is 34.4 Å². The topological polar surface area (TPSA) is 93.9 Å². The zero-order chi connectivity index (χ0) is 22.4. The number of fused-ring (bicyclic) bond motifs is 4. The summed E-state index contributed by atoms with van der Waals surface area (Å²) in [5.74, 6) is 0.571. The first-order valence-corrected chi connectivity index (χ1v) is 10.6. The van der Waals surface area contributed by atoms with Crippen LogP contribution in [0.4, 0.5) is 0 Å². The summed E-state index contributed by atoms with van der Waals surface area (Å²) in [7, 11) is 3.63. The van der Waals surface area contributed by atoms with Crippen LogP contribution in [0.5, 0.6) is 5.88 Å². The number of nitrogens with zero attached hydrogens (tertiary/aromatic N) is 6. The van der Waals surface area contributed by atoms with Gasteiger partial charge in [0.15, 0.2) is 0 Å². The number of carbonyl (C=O) groups is 1. The predicted octanol–water partition coefficient (Wildman–Crippen LogP) is 3.12. The minimum atomic E-state index is -0.0916. The highest BCUT2D eigenvalue weighted by Gasteiger charge is 2.23. The Kier molecular flexibility index (Phi) is 4.80. The third-order valence-corrected chi connectivity index (χ3v) is 5.88. The molecule has 32 heavy (non-hydrogen) atoms. The normalized spacial score (nSPS) is 15.2. The summed E-state index contributed by atoms with van der Waals surface area (Å²) < 4.78 is 9.57. The van der Waals surface area contributed by atoms with Crippen molar-refractivity contribution in [3.05, 3.63) is 47.0 Å². The first-order chi connectivity index (χ1) is 15.5. The van der Waals surface area contributed by atoms with Crippen LogP contribution in [0.25, 0.3) is 34.2 Å². The summed E-state index contributed by atoms with van der Waals surface area (Å²) in [6.07, 6.45) is 5.70. The Balaban J connectivity index is 1.71. The van der Waals surface area contributed by atoms with Gasteiger partial charge in [-0.3, -0.25) is 14.6 Å². The van der Waals surface area contributed by atoms with E-state index in [4.69, 9.17) is 4.74 Å². The number of hydrogen-bond acceptors (Lipinski definition) is 5. The summed E-state index contributed by atoms with van der Waals surface area (Å²) in [5, 5.41) is 17.5. The van der Waals surface area contributed by atoms with Crippen LogP contribution in [0.15, 0.2) is 24.4 Å². The molecule has 1 aliphatic heterocycles. The van der Waals surface area contributed by atoms with E-state index in [0.717, 1.165) is 39.0 Å². The second-order valence-electron chi connectivity index (χ2n) is 7.93. The molecule has 0 saturated carbocycles. The molecule has 0 spiro atoms. The lowest BCUT2D eigenvalue weighted by atomic mass is 10.0. The lowest BCUT2D eigenvalue weighted by Crippen LogP contribution is -2.33. The maximum Gasteiger partial charge on any atom is 0.272 e. The number of nitrogens with one attached hydrogen (secondary N) is 1. The number of ether oxygens (including phenoxy) is 1. The Morgan fingerprint density at radius 3 is 2.88 bits per heavy atom. The lowest BCUT2D eigenvalue weighted by molar-refractivity contribution is 0.0759. The average Bonchev–Trinajstić information content (AvgIpc) is 3.46.